The second-order valence-electron chi connectivity index (χ2n) is 17.1. The third-order valence-electron chi connectivity index (χ3n) is 14.4. The van der Waals surface area contributed by atoms with Gasteiger partial charge in [-0.15, -0.1) is 0 Å². The molecule has 1 aliphatic heterocycles. The smallest absolute Gasteiger partial charge is 0.187 e. The molecule has 4 saturated carbocycles. The summed E-state index contributed by atoms with van der Waals surface area (Å²) in [5.74, 6) is 0.579. The van der Waals surface area contributed by atoms with E-state index in [-0.39, 0.29) is 45.5 Å². The van der Waals surface area contributed by atoms with Crippen LogP contribution in [0.15, 0.2) is 11.6 Å². The fourth-order valence-electron chi connectivity index (χ4n) is 11.5. The minimum Gasteiger partial charge on any atom is -0.394 e. The largest absolute Gasteiger partial charge is 0.394 e. The van der Waals surface area contributed by atoms with Crippen LogP contribution >= 0.6 is 0 Å². The fraction of sp³-hybridized carbons (Fsp3) is 0.917. The highest BCUT2D eigenvalue weighted by molar-refractivity contribution is 5.84. The minimum atomic E-state index is -1.52. The molecule has 5 rings (SSSR count). The monoisotopic (exact) mass is 620 g/mol. The van der Waals surface area contributed by atoms with Crippen molar-refractivity contribution >= 4 is 5.78 Å². The van der Waals surface area contributed by atoms with Gasteiger partial charge in [0.25, 0.3) is 0 Å². The van der Waals surface area contributed by atoms with Crippen molar-refractivity contribution in [3.05, 3.63) is 11.6 Å². The first-order valence-corrected chi connectivity index (χ1v) is 17.2. The van der Waals surface area contributed by atoms with Crippen LogP contribution in [0.1, 0.15) is 113 Å². The van der Waals surface area contributed by atoms with Crippen molar-refractivity contribution in [2.45, 2.75) is 156 Å². The maximum Gasteiger partial charge on any atom is 0.187 e. The molecule has 5 aliphatic rings. The van der Waals surface area contributed by atoms with Gasteiger partial charge in [-0.3, -0.25) is 4.79 Å². The summed E-state index contributed by atoms with van der Waals surface area (Å²) in [6.07, 6.45) is 2.44. The number of ketones is 1. The molecular formula is C36H60O8. The number of carbonyl (C=O) groups excluding carboxylic acids is 1. The SMILES string of the molecule is CC(C)=CCC[C@](C)(O[C@@H]1OC(CO)[C@@H](O)[C@H](O)C1O)C1CC[C@]2(C)C1C(=O)CC1[C@@]3(C)CC[C@H](O)C(C)(C)C3CC[C@]12C. The molecule has 0 aromatic rings. The molecular weight excluding hydrogens is 560 g/mol. The van der Waals surface area contributed by atoms with Gasteiger partial charge in [-0.05, 0) is 112 Å². The molecule has 8 heteroatoms. The number of hydrogen-bond donors (Lipinski definition) is 5. The first-order chi connectivity index (χ1) is 20.4. The Hall–Kier alpha value is -0.870. The van der Waals surface area contributed by atoms with Crippen LogP contribution in [0, 0.1) is 45.3 Å². The van der Waals surface area contributed by atoms with Crippen LogP contribution in [0.4, 0.5) is 0 Å². The van der Waals surface area contributed by atoms with Gasteiger partial charge in [0.2, 0.25) is 0 Å². The van der Waals surface area contributed by atoms with Crippen molar-refractivity contribution < 1.29 is 39.8 Å². The predicted octanol–water partition coefficient (Wildman–Crippen LogP) is 4.53. The molecule has 0 spiro atoms. The highest BCUT2D eigenvalue weighted by Gasteiger charge is 2.71. The lowest BCUT2D eigenvalue weighted by atomic mass is 9.35. The van der Waals surface area contributed by atoms with E-state index in [1.165, 1.54) is 5.57 Å². The highest BCUT2D eigenvalue weighted by Crippen LogP contribution is 2.75. The normalized spacial score (nSPS) is 49.8. The van der Waals surface area contributed by atoms with Gasteiger partial charge in [-0.25, -0.2) is 0 Å². The second-order valence-corrected chi connectivity index (χ2v) is 17.1. The van der Waals surface area contributed by atoms with E-state index in [0.29, 0.717) is 24.5 Å². The second kappa shape index (κ2) is 11.7. The molecule has 5 fully saturated rings. The van der Waals surface area contributed by atoms with Gasteiger partial charge in [-0.1, -0.05) is 46.3 Å². The lowest BCUT2D eigenvalue weighted by Gasteiger charge is -2.69. The van der Waals surface area contributed by atoms with Crippen LogP contribution in [0.3, 0.4) is 0 Å². The quantitative estimate of drug-likeness (QED) is 0.262. The maximum atomic E-state index is 14.6. The molecule has 0 bridgehead atoms. The standard InChI is InChI=1S/C36H60O8/c1-20(2)10-9-14-36(8,44-31-30(42)29(41)28(40)23(19-37)43-31)21-11-16-35(7)27(21)22(38)18-25-33(5)15-13-26(39)32(3,4)24(33)12-17-34(25,35)6/h10,21,23-31,37,39-42H,9,11-19H2,1-8H3/t21?,23?,24?,25?,26-,27?,28+,29-,30?,31-,33-,34+,35+,36-/m0/s1. The third-order valence-corrected chi connectivity index (χ3v) is 14.4. The number of rotatable bonds is 7. The molecule has 252 valence electrons. The van der Waals surface area contributed by atoms with Crippen molar-refractivity contribution in [1.29, 1.82) is 0 Å². The molecule has 4 aliphatic carbocycles. The summed E-state index contributed by atoms with van der Waals surface area (Å²) in [6, 6.07) is 0. The molecule has 0 amide bonds. The average molecular weight is 621 g/mol. The Kier molecular flexibility index (Phi) is 9.15. The van der Waals surface area contributed by atoms with E-state index < -0.39 is 42.9 Å². The Morgan fingerprint density at radius 2 is 1.59 bits per heavy atom. The zero-order chi connectivity index (χ0) is 32.6. The van der Waals surface area contributed by atoms with Crippen molar-refractivity contribution in [3.8, 4) is 0 Å². The van der Waals surface area contributed by atoms with Gasteiger partial charge in [0.15, 0.2) is 6.29 Å². The minimum absolute atomic E-state index is 0.0168. The number of ether oxygens (including phenoxy) is 2. The molecule has 0 aromatic heterocycles. The summed E-state index contributed by atoms with van der Waals surface area (Å²) in [4.78, 5) is 14.6. The van der Waals surface area contributed by atoms with Crippen LogP contribution in [0.5, 0.6) is 0 Å². The number of aliphatic hydroxyl groups is 5. The van der Waals surface area contributed by atoms with E-state index in [1.807, 2.05) is 6.92 Å². The lowest BCUT2D eigenvalue weighted by Crippen LogP contribution is -2.66. The Labute approximate surface area is 264 Å². The summed E-state index contributed by atoms with van der Waals surface area (Å²) >= 11 is 0. The van der Waals surface area contributed by atoms with Gasteiger partial charge >= 0.3 is 0 Å². The Balaban J connectivity index is 1.49. The molecule has 0 aromatic carbocycles. The molecule has 8 nitrogen and oxygen atoms in total. The van der Waals surface area contributed by atoms with Crippen LogP contribution < -0.4 is 0 Å². The molecule has 44 heavy (non-hydrogen) atoms. The number of fused-ring (bicyclic) bond motifs is 5. The van der Waals surface area contributed by atoms with E-state index in [1.54, 1.807) is 0 Å². The maximum absolute atomic E-state index is 14.6. The summed E-state index contributed by atoms with van der Waals surface area (Å²) in [6.45, 7) is 17.2. The first-order valence-electron chi connectivity index (χ1n) is 17.2. The number of Topliss-reactive ketones (excluding diaryl/α,β-unsaturated/α-hetero) is 1. The zero-order valence-corrected chi connectivity index (χ0v) is 28.4. The average Bonchev–Trinajstić information content (AvgIpc) is 3.33. The Morgan fingerprint density at radius 1 is 0.932 bits per heavy atom. The van der Waals surface area contributed by atoms with Crippen LogP contribution in [0.2, 0.25) is 0 Å². The van der Waals surface area contributed by atoms with E-state index >= 15 is 0 Å². The van der Waals surface area contributed by atoms with E-state index in [0.717, 1.165) is 44.9 Å². The van der Waals surface area contributed by atoms with Crippen molar-refractivity contribution in [1.82, 2.24) is 0 Å². The van der Waals surface area contributed by atoms with Gasteiger partial charge in [0.05, 0.1) is 18.3 Å². The van der Waals surface area contributed by atoms with Gasteiger partial charge in [-0.2, -0.15) is 0 Å². The molecule has 0 radical (unpaired) electrons. The molecule has 5 N–H and O–H groups in total. The third kappa shape index (κ3) is 5.09. The van der Waals surface area contributed by atoms with Crippen LogP contribution in [0.25, 0.3) is 0 Å². The number of allylic oxidation sites excluding steroid dienone is 2. The van der Waals surface area contributed by atoms with E-state index in [4.69, 9.17) is 9.47 Å². The molecule has 1 heterocycles. The molecule has 6 unspecified atom stereocenters. The van der Waals surface area contributed by atoms with Crippen molar-refractivity contribution in [3.63, 3.8) is 0 Å². The van der Waals surface area contributed by atoms with Crippen LogP contribution in [-0.2, 0) is 14.3 Å². The molecule has 1 saturated heterocycles. The number of hydrogen-bond acceptors (Lipinski definition) is 8. The van der Waals surface area contributed by atoms with Crippen molar-refractivity contribution in [2.24, 2.45) is 45.3 Å². The van der Waals surface area contributed by atoms with Gasteiger partial charge in [0, 0.05) is 12.3 Å². The van der Waals surface area contributed by atoms with E-state index in [9.17, 15) is 30.3 Å². The summed E-state index contributed by atoms with van der Waals surface area (Å²) in [5.41, 5.74) is -0.159. The predicted molar refractivity (Wildman–Crippen MR) is 167 cm³/mol. The van der Waals surface area contributed by atoms with Crippen LogP contribution in [-0.4, -0.2) is 80.3 Å². The summed E-state index contributed by atoms with van der Waals surface area (Å²) < 4.78 is 12.6. The highest BCUT2D eigenvalue weighted by atomic mass is 16.7. The topological polar surface area (TPSA) is 137 Å². The number of carbonyl (C=O) groups is 1. The number of aliphatic hydroxyl groups excluding tert-OH is 5. The van der Waals surface area contributed by atoms with E-state index in [2.05, 4.69) is 54.5 Å². The Bertz CT molecular complexity index is 1120. The first kappa shape index (κ1) is 34.5. The lowest BCUT2D eigenvalue weighted by molar-refractivity contribution is -0.333. The van der Waals surface area contributed by atoms with Gasteiger partial charge < -0.3 is 35.0 Å². The van der Waals surface area contributed by atoms with Gasteiger partial charge in [0.1, 0.15) is 30.2 Å². The summed E-state index contributed by atoms with van der Waals surface area (Å²) in [7, 11) is 0. The van der Waals surface area contributed by atoms with Crippen molar-refractivity contribution in [2.75, 3.05) is 6.61 Å². The summed E-state index contributed by atoms with van der Waals surface area (Å²) in [5, 5.41) is 52.7. The zero-order valence-electron chi connectivity index (χ0n) is 28.4. The Morgan fingerprint density at radius 3 is 2.23 bits per heavy atom. The molecule has 14 atom stereocenters. The fourth-order valence-corrected chi connectivity index (χ4v) is 11.5.